The first-order valence-corrected chi connectivity index (χ1v) is 18.7. The van der Waals surface area contributed by atoms with Crippen molar-refractivity contribution in [3.05, 3.63) is 192 Å². The molecular weight excluding hydrogens is 699 g/mol. The van der Waals surface area contributed by atoms with E-state index in [0.717, 1.165) is 44.5 Å². The van der Waals surface area contributed by atoms with Crippen LogP contribution >= 0.6 is 0 Å². The van der Waals surface area contributed by atoms with Crippen LogP contribution in [0, 0.1) is 0 Å². The van der Waals surface area contributed by atoms with Gasteiger partial charge in [0.15, 0.2) is 5.82 Å². The van der Waals surface area contributed by atoms with E-state index in [2.05, 4.69) is 88.3 Å². The van der Waals surface area contributed by atoms with Crippen LogP contribution in [0.25, 0.3) is 22.5 Å². The number of tetrazole rings is 1. The number of esters is 1. The van der Waals surface area contributed by atoms with Crippen molar-refractivity contribution in [3.63, 3.8) is 0 Å². The van der Waals surface area contributed by atoms with E-state index >= 15 is 0 Å². The molecule has 0 aliphatic carbocycles. The van der Waals surface area contributed by atoms with Crippen molar-refractivity contribution in [2.45, 2.75) is 37.0 Å². The second-order valence-corrected chi connectivity index (χ2v) is 13.9. The number of hydrogen-bond acceptors (Lipinski definition) is 8. The molecule has 56 heavy (non-hydrogen) atoms. The number of methoxy groups -OCH3 is 1. The molecule has 3 heterocycles. The van der Waals surface area contributed by atoms with Gasteiger partial charge in [-0.2, -0.15) is 0 Å². The Labute approximate surface area is 325 Å². The first kappa shape index (κ1) is 36.2. The Hall–Kier alpha value is -6.78. The Morgan fingerprint density at radius 1 is 0.714 bits per heavy atom. The van der Waals surface area contributed by atoms with Gasteiger partial charge in [0, 0.05) is 37.1 Å². The van der Waals surface area contributed by atoms with Gasteiger partial charge in [0.05, 0.1) is 13.5 Å². The molecule has 278 valence electrons. The van der Waals surface area contributed by atoms with Gasteiger partial charge in [0.25, 0.3) is 0 Å². The van der Waals surface area contributed by atoms with Gasteiger partial charge in [0.1, 0.15) is 11.6 Å². The standard InChI is InChI=1S/C46H41N7O3/c1-56-45(55)42-30-39(32-52(42)43(54)29-33-25-27-47-28-26-33)48-31-34-21-23-35(24-22-34)40-19-11-12-20-41(40)44-49-50-51-53(44)46(36-13-5-2-6-14-36,37-15-7-3-8-16-37)38-17-9-4-10-18-38/h2-28,39,42,48H,29-32H2,1H3/t39-,42-/m0/s1. The van der Waals surface area contributed by atoms with Crippen molar-refractivity contribution >= 4 is 11.9 Å². The molecule has 0 saturated carbocycles. The summed E-state index contributed by atoms with van der Waals surface area (Å²) < 4.78 is 7.03. The molecule has 1 amide bonds. The lowest BCUT2D eigenvalue weighted by Crippen LogP contribution is -2.42. The fourth-order valence-corrected chi connectivity index (χ4v) is 7.88. The lowest BCUT2D eigenvalue weighted by atomic mass is 9.77. The third-order valence-corrected chi connectivity index (χ3v) is 10.6. The Balaban J connectivity index is 1.07. The van der Waals surface area contributed by atoms with Crippen LogP contribution in [0.4, 0.5) is 0 Å². The SMILES string of the molecule is COC(=O)[C@@H]1C[C@H](NCc2ccc(-c3ccccc3-c3nnnn3C(c3ccccc3)(c3ccccc3)c3ccccc3)cc2)CN1C(=O)Cc1ccncc1. The maximum absolute atomic E-state index is 13.3. The van der Waals surface area contributed by atoms with Crippen molar-refractivity contribution in [2.75, 3.05) is 13.7 Å². The van der Waals surface area contributed by atoms with Gasteiger partial charge in [-0.25, -0.2) is 9.48 Å². The smallest absolute Gasteiger partial charge is 0.328 e. The number of aromatic nitrogens is 5. The maximum Gasteiger partial charge on any atom is 0.328 e. The second kappa shape index (κ2) is 16.3. The molecule has 8 rings (SSSR count). The first-order valence-electron chi connectivity index (χ1n) is 18.7. The van der Waals surface area contributed by atoms with E-state index in [1.807, 2.05) is 83.5 Å². The van der Waals surface area contributed by atoms with Gasteiger partial charge in [0.2, 0.25) is 5.91 Å². The first-order chi connectivity index (χ1) is 27.6. The van der Waals surface area contributed by atoms with Crippen LogP contribution in [0.1, 0.15) is 34.2 Å². The van der Waals surface area contributed by atoms with E-state index < -0.39 is 17.6 Å². The van der Waals surface area contributed by atoms with Gasteiger partial charge in [-0.3, -0.25) is 9.78 Å². The number of pyridine rings is 1. The molecule has 0 unspecified atom stereocenters. The summed E-state index contributed by atoms with van der Waals surface area (Å²) >= 11 is 0. The molecule has 10 nitrogen and oxygen atoms in total. The summed E-state index contributed by atoms with van der Waals surface area (Å²) in [5, 5.41) is 17.3. The number of carbonyl (C=O) groups is 2. The van der Waals surface area contributed by atoms with Crippen LogP contribution in [0.5, 0.6) is 0 Å². The number of nitrogens with one attached hydrogen (secondary N) is 1. The highest BCUT2D eigenvalue weighted by Crippen LogP contribution is 2.43. The summed E-state index contributed by atoms with van der Waals surface area (Å²) in [5.41, 5.74) is 7.04. The average Bonchev–Trinajstić information content (AvgIpc) is 3.94. The largest absolute Gasteiger partial charge is 0.467 e. The third kappa shape index (κ3) is 7.10. The van der Waals surface area contributed by atoms with Gasteiger partial charge in [-0.1, -0.05) is 140 Å². The summed E-state index contributed by atoms with van der Waals surface area (Å²) in [7, 11) is 1.36. The predicted octanol–water partition coefficient (Wildman–Crippen LogP) is 6.72. The summed E-state index contributed by atoms with van der Waals surface area (Å²) in [5.74, 6) is 0.116. The van der Waals surface area contributed by atoms with Crippen molar-refractivity contribution in [3.8, 4) is 22.5 Å². The number of ether oxygens (including phenoxy) is 1. The van der Waals surface area contributed by atoms with Crippen molar-refractivity contribution in [2.24, 2.45) is 0 Å². The third-order valence-electron chi connectivity index (χ3n) is 10.6. The monoisotopic (exact) mass is 739 g/mol. The fourth-order valence-electron chi connectivity index (χ4n) is 7.88. The Bertz CT molecular complexity index is 2290. The van der Waals surface area contributed by atoms with E-state index in [0.29, 0.717) is 25.3 Å². The molecule has 1 aliphatic rings. The summed E-state index contributed by atoms with van der Waals surface area (Å²) in [6.45, 7) is 0.985. The molecular formula is C46H41N7O3. The highest BCUT2D eigenvalue weighted by Gasteiger charge is 2.42. The normalized spacial score (nSPS) is 15.4. The van der Waals surface area contributed by atoms with Crippen LogP contribution in [0.3, 0.4) is 0 Å². The molecule has 2 aromatic heterocycles. The Kier molecular flexibility index (Phi) is 10.5. The van der Waals surface area contributed by atoms with Gasteiger partial charge in [-0.05, 0) is 67.9 Å². The van der Waals surface area contributed by atoms with E-state index in [1.165, 1.54) is 7.11 Å². The van der Waals surface area contributed by atoms with Crippen molar-refractivity contribution in [1.82, 2.24) is 35.4 Å². The van der Waals surface area contributed by atoms with E-state index in [9.17, 15) is 9.59 Å². The zero-order valence-electron chi connectivity index (χ0n) is 31.0. The van der Waals surface area contributed by atoms with Crippen LogP contribution in [0.15, 0.2) is 164 Å². The van der Waals surface area contributed by atoms with Crippen molar-refractivity contribution < 1.29 is 14.3 Å². The molecule has 1 fully saturated rings. The minimum absolute atomic E-state index is 0.0705. The van der Waals surface area contributed by atoms with E-state index in [4.69, 9.17) is 15.0 Å². The molecule has 1 aliphatic heterocycles. The topological polar surface area (TPSA) is 115 Å². The van der Waals surface area contributed by atoms with E-state index in [1.54, 1.807) is 17.3 Å². The molecule has 0 spiro atoms. The van der Waals surface area contributed by atoms with Crippen molar-refractivity contribution in [1.29, 1.82) is 0 Å². The number of amides is 1. The second-order valence-electron chi connectivity index (χ2n) is 13.9. The van der Waals surface area contributed by atoms with Gasteiger partial charge in [-0.15, -0.1) is 5.10 Å². The molecule has 0 radical (unpaired) electrons. The number of hydrogen-bond donors (Lipinski definition) is 1. The number of rotatable bonds is 12. The maximum atomic E-state index is 13.3. The summed E-state index contributed by atoms with van der Waals surface area (Å²) in [6.07, 6.45) is 4.00. The van der Waals surface area contributed by atoms with Gasteiger partial charge < -0.3 is 15.0 Å². The number of carbonyl (C=O) groups excluding carboxylic acids is 2. The van der Waals surface area contributed by atoms with Crippen LogP contribution in [0.2, 0.25) is 0 Å². The zero-order valence-corrected chi connectivity index (χ0v) is 31.0. The van der Waals surface area contributed by atoms with Crippen LogP contribution in [-0.4, -0.2) is 67.7 Å². The quantitative estimate of drug-likeness (QED) is 0.109. The lowest BCUT2D eigenvalue weighted by Gasteiger charge is -2.36. The van der Waals surface area contributed by atoms with Crippen LogP contribution in [-0.2, 0) is 32.8 Å². The minimum Gasteiger partial charge on any atom is -0.467 e. The lowest BCUT2D eigenvalue weighted by molar-refractivity contribution is -0.150. The van der Waals surface area contributed by atoms with Crippen LogP contribution < -0.4 is 5.32 Å². The number of benzene rings is 5. The molecule has 7 aromatic rings. The molecule has 10 heteroatoms. The average molecular weight is 740 g/mol. The number of likely N-dealkylation sites (tertiary alicyclic amines) is 1. The fraction of sp³-hybridized carbons (Fsp3) is 0.174. The highest BCUT2D eigenvalue weighted by atomic mass is 16.5. The highest BCUT2D eigenvalue weighted by molar-refractivity contribution is 5.86. The summed E-state index contributed by atoms with van der Waals surface area (Å²) in [4.78, 5) is 31.7. The Morgan fingerprint density at radius 3 is 1.88 bits per heavy atom. The van der Waals surface area contributed by atoms with Gasteiger partial charge >= 0.3 is 5.97 Å². The Morgan fingerprint density at radius 2 is 1.29 bits per heavy atom. The van der Waals surface area contributed by atoms with E-state index in [-0.39, 0.29) is 18.4 Å². The summed E-state index contributed by atoms with van der Waals surface area (Å²) in [6, 6.07) is 50.7. The molecule has 2 atom stereocenters. The minimum atomic E-state index is -0.877. The molecule has 1 N–H and O–H groups in total. The molecule has 5 aromatic carbocycles. The zero-order chi connectivity index (χ0) is 38.3. The predicted molar refractivity (Wildman–Crippen MR) is 214 cm³/mol. The molecule has 0 bridgehead atoms. The number of nitrogens with zero attached hydrogens (tertiary/aromatic N) is 6. The molecule has 1 saturated heterocycles.